The molecule has 3 rings (SSSR count). The van der Waals surface area contributed by atoms with E-state index in [1.165, 1.54) is 23.1 Å². The Morgan fingerprint density at radius 3 is 2.16 bits per heavy atom. The standard InChI is InChI=1S/C25H33NO6/c1-25(16-17-7-8-20(28-2)21(13-17)29-3)19-15-23(31-5)22(30-4)14-18(19)9-11-26(25)12-10-24(27)32-6/h7-8,13-15H,9-12,16H2,1-6H3/p+1. The van der Waals surface area contributed by atoms with Crippen LogP contribution in [0.25, 0.3) is 0 Å². The first-order valence-corrected chi connectivity index (χ1v) is 10.8. The van der Waals surface area contributed by atoms with Crippen LogP contribution in [0, 0.1) is 0 Å². The highest BCUT2D eigenvalue weighted by atomic mass is 16.5. The summed E-state index contributed by atoms with van der Waals surface area (Å²) >= 11 is 0. The van der Waals surface area contributed by atoms with Crippen LogP contribution < -0.4 is 23.8 Å². The van der Waals surface area contributed by atoms with Crippen molar-refractivity contribution < 1.29 is 33.4 Å². The monoisotopic (exact) mass is 444 g/mol. The lowest BCUT2D eigenvalue weighted by atomic mass is 9.77. The summed E-state index contributed by atoms with van der Waals surface area (Å²) in [6.45, 7) is 3.84. The van der Waals surface area contributed by atoms with Gasteiger partial charge in [-0.3, -0.25) is 4.79 Å². The molecule has 0 radical (unpaired) electrons. The first kappa shape index (κ1) is 23.7. The summed E-state index contributed by atoms with van der Waals surface area (Å²) in [5, 5.41) is 0. The number of benzene rings is 2. The van der Waals surface area contributed by atoms with E-state index in [0.717, 1.165) is 30.7 Å². The number of carbonyl (C=O) groups is 1. The van der Waals surface area contributed by atoms with Gasteiger partial charge in [-0.15, -0.1) is 0 Å². The van der Waals surface area contributed by atoms with E-state index in [-0.39, 0.29) is 11.5 Å². The molecule has 32 heavy (non-hydrogen) atoms. The molecule has 1 N–H and O–H groups in total. The topological polar surface area (TPSA) is 67.7 Å². The predicted molar refractivity (Wildman–Crippen MR) is 121 cm³/mol. The third-order valence-electron chi connectivity index (χ3n) is 6.54. The van der Waals surface area contributed by atoms with Gasteiger partial charge in [0.2, 0.25) is 0 Å². The molecule has 0 spiro atoms. The van der Waals surface area contributed by atoms with E-state index in [2.05, 4.69) is 25.1 Å². The van der Waals surface area contributed by atoms with Gasteiger partial charge in [-0.25, -0.2) is 0 Å². The van der Waals surface area contributed by atoms with E-state index in [1.807, 2.05) is 12.1 Å². The fourth-order valence-corrected chi connectivity index (χ4v) is 4.77. The fraction of sp³-hybridized carbons (Fsp3) is 0.480. The Bertz CT molecular complexity index is 960. The number of carbonyl (C=O) groups excluding carboxylic acids is 1. The Hall–Kier alpha value is -2.93. The molecule has 7 nitrogen and oxygen atoms in total. The van der Waals surface area contributed by atoms with Crippen molar-refractivity contribution >= 4 is 5.97 Å². The Balaban J connectivity index is 2.06. The van der Waals surface area contributed by atoms with Crippen molar-refractivity contribution in [2.24, 2.45) is 0 Å². The maximum Gasteiger partial charge on any atom is 0.311 e. The second-order valence-electron chi connectivity index (χ2n) is 8.24. The molecular formula is C25H34NO6+. The van der Waals surface area contributed by atoms with Gasteiger partial charge < -0.3 is 28.6 Å². The highest BCUT2D eigenvalue weighted by Gasteiger charge is 2.43. The van der Waals surface area contributed by atoms with Crippen LogP contribution in [-0.4, -0.2) is 54.6 Å². The van der Waals surface area contributed by atoms with Crippen molar-refractivity contribution in [2.75, 3.05) is 48.6 Å². The lowest BCUT2D eigenvalue weighted by molar-refractivity contribution is -0.961. The first-order chi connectivity index (χ1) is 15.4. The smallest absolute Gasteiger partial charge is 0.311 e. The van der Waals surface area contributed by atoms with Crippen LogP contribution in [0.5, 0.6) is 23.0 Å². The average molecular weight is 445 g/mol. The zero-order valence-corrected chi connectivity index (χ0v) is 19.9. The van der Waals surface area contributed by atoms with Crippen molar-refractivity contribution in [1.29, 1.82) is 0 Å². The number of ether oxygens (including phenoxy) is 5. The predicted octanol–water partition coefficient (Wildman–Crippen LogP) is 2.18. The molecule has 0 saturated carbocycles. The Morgan fingerprint density at radius 2 is 1.53 bits per heavy atom. The van der Waals surface area contributed by atoms with Crippen molar-refractivity contribution in [1.82, 2.24) is 0 Å². The normalized spacial score (nSPS) is 19.6. The summed E-state index contributed by atoms with van der Waals surface area (Å²) in [4.78, 5) is 13.2. The van der Waals surface area contributed by atoms with Gasteiger partial charge in [0.05, 0.1) is 55.1 Å². The summed E-state index contributed by atoms with van der Waals surface area (Å²) in [6.07, 6.45) is 2.02. The molecule has 1 aliphatic rings. The van der Waals surface area contributed by atoms with Crippen LogP contribution in [0.15, 0.2) is 30.3 Å². The Morgan fingerprint density at radius 1 is 0.906 bits per heavy atom. The van der Waals surface area contributed by atoms with Crippen LogP contribution in [0.4, 0.5) is 0 Å². The van der Waals surface area contributed by atoms with E-state index in [4.69, 9.17) is 23.7 Å². The van der Waals surface area contributed by atoms with Gasteiger partial charge in [-0.1, -0.05) is 6.07 Å². The minimum atomic E-state index is -0.291. The largest absolute Gasteiger partial charge is 0.493 e. The number of hydrogen-bond acceptors (Lipinski definition) is 6. The van der Waals surface area contributed by atoms with Crippen LogP contribution in [-0.2, 0) is 27.9 Å². The number of esters is 1. The molecule has 2 unspecified atom stereocenters. The minimum Gasteiger partial charge on any atom is -0.493 e. The van der Waals surface area contributed by atoms with Gasteiger partial charge in [-0.05, 0) is 42.3 Å². The Kier molecular flexibility index (Phi) is 7.51. The van der Waals surface area contributed by atoms with E-state index >= 15 is 0 Å². The summed E-state index contributed by atoms with van der Waals surface area (Å²) < 4.78 is 27.0. The van der Waals surface area contributed by atoms with Crippen LogP contribution in [0.2, 0.25) is 0 Å². The van der Waals surface area contributed by atoms with E-state index < -0.39 is 0 Å². The molecule has 2 atom stereocenters. The molecule has 1 heterocycles. The van der Waals surface area contributed by atoms with Gasteiger partial charge >= 0.3 is 5.97 Å². The molecular weight excluding hydrogens is 410 g/mol. The number of hydrogen-bond donors (Lipinski definition) is 1. The molecule has 7 heteroatoms. The van der Waals surface area contributed by atoms with Gasteiger partial charge in [0.15, 0.2) is 23.0 Å². The average Bonchev–Trinajstić information content (AvgIpc) is 2.82. The summed E-state index contributed by atoms with van der Waals surface area (Å²) in [5.74, 6) is 2.65. The van der Waals surface area contributed by atoms with Gasteiger partial charge in [0.1, 0.15) is 5.54 Å². The Labute approximate surface area is 190 Å². The minimum absolute atomic E-state index is 0.191. The van der Waals surface area contributed by atoms with E-state index in [0.29, 0.717) is 30.2 Å². The highest BCUT2D eigenvalue weighted by Crippen LogP contribution is 2.38. The molecule has 0 fully saturated rings. The van der Waals surface area contributed by atoms with Crippen LogP contribution >= 0.6 is 0 Å². The molecule has 0 aromatic heterocycles. The summed E-state index contributed by atoms with van der Waals surface area (Å²) in [6, 6.07) is 10.2. The zero-order chi connectivity index (χ0) is 23.3. The first-order valence-electron chi connectivity index (χ1n) is 10.8. The maximum atomic E-state index is 11.9. The van der Waals surface area contributed by atoms with Gasteiger partial charge in [0.25, 0.3) is 0 Å². The van der Waals surface area contributed by atoms with Crippen molar-refractivity contribution in [2.45, 2.75) is 31.7 Å². The molecule has 2 aromatic rings. The third kappa shape index (κ3) is 4.63. The lowest BCUT2D eigenvalue weighted by Crippen LogP contribution is -3.19. The molecule has 1 aliphatic heterocycles. The van der Waals surface area contributed by atoms with E-state index in [1.54, 1.807) is 28.4 Å². The van der Waals surface area contributed by atoms with Crippen LogP contribution in [0.3, 0.4) is 0 Å². The second-order valence-corrected chi connectivity index (χ2v) is 8.24. The molecule has 0 bridgehead atoms. The molecule has 2 aromatic carbocycles. The van der Waals surface area contributed by atoms with Crippen molar-refractivity contribution in [3.8, 4) is 23.0 Å². The second kappa shape index (κ2) is 10.1. The number of methoxy groups -OCH3 is 5. The summed E-state index contributed by atoms with van der Waals surface area (Å²) in [7, 11) is 8.02. The third-order valence-corrected chi connectivity index (χ3v) is 6.54. The maximum absolute atomic E-state index is 11.9. The number of quaternary nitrogens is 1. The zero-order valence-electron chi connectivity index (χ0n) is 19.9. The quantitative estimate of drug-likeness (QED) is 0.598. The van der Waals surface area contributed by atoms with Crippen molar-refractivity contribution in [3.05, 3.63) is 47.0 Å². The van der Waals surface area contributed by atoms with Gasteiger partial charge in [-0.2, -0.15) is 0 Å². The number of rotatable bonds is 9. The SMILES string of the molecule is COC(=O)CC[NH+]1CCc2cc(OC)c(OC)cc2C1(C)Cc1ccc(OC)c(OC)c1. The van der Waals surface area contributed by atoms with E-state index in [9.17, 15) is 4.79 Å². The molecule has 174 valence electrons. The lowest BCUT2D eigenvalue weighted by Gasteiger charge is -2.43. The fourth-order valence-electron chi connectivity index (χ4n) is 4.77. The van der Waals surface area contributed by atoms with Gasteiger partial charge in [0, 0.05) is 18.4 Å². The molecule has 0 saturated heterocycles. The number of nitrogens with one attached hydrogen (secondary N) is 1. The molecule has 0 aliphatic carbocycles. The van der Waals surface area contributed by atoms with Crippen LogP contribution in [0.1, 0.15) is 30.0 Å². The van der Waals surface area contributed by atoms with Crippen molar-refractivity contribution in [3.63, 3.8) is 0 Å². The number of fused-ring (bicyclic) bond motifs is 1. The highest BCUT2D eigenvalue weighted by molar-refractivity contribution is 5.69. The molecule has 0 amide bonds. The summed E-state index contributed by atoms with van der Waals surface area (Å²) in [5.41, 5.74) is 3.28.